The van der Waals surface area contributed by atoms with Crippen LogP contribution in [0, 0.1) is 5.82 Å². The molecule has 0 radical (unpaired) electrons. The first-order valence-electron chi connectivity index (χ1n) is 9.92. The standard InChI is InChI=1S/C20H26FN5O4S/c1-30-12-2-7-23-20(27)18-13-16(14-24-19(18)26-10-8-22-9-11-26)25-31(28,29)17-5-3-15(21)4-6-17/h3-6,13-14,22,25H,2,7-12H2,1H3,(H,23,27). The molecular weight excluding hydrogens is 425 g/mol. The summed E-state index contributed by atoms with van der Waals surface area (Å²) in [7, 11) is -2.37. The number of pyridine rings is 1. The Hall–Kier alpha value is -2.76. The van der Waals surface area contributed by atoms with Gasteiger partial charge in [0.1, 0.15) is 11.6 Å². The highest BCUT2D eigenvalue weighted by Gasteiger charge is 2.22. The number of sulfonamides is 1. The molecular formula is C20H26FN5O4S. The van der Waals surface area contributed by atoms with Crippen LogP contribution in [0.5, 0.6) is 0 Å². The molecule has 0 aliphatic carbocycles. The third-order valence-corrected chi connectivity index (χ3v) is 6.11. The van der Waals surface area contributed by atoms with Crippen LogP contribution in [0.25, 0.3) is 0 Å². The smallest absolute Gasteiger partial charge is 0.261 e. The summed E-state index contributed by atoms with van der Waals surface area (Å²) in [5.74, 6) is -0.385. The van der Waals surface area contributed by atoms with E-state index in [0.717, 1.165) is 25.2 Å². The van der Waals surface area contributed by atoms with Gasteiger partial charge < -0.3 is 20.3 Å². The predicted molar refractivity (Wildman–Crippen MR) is 115 cm³/mol. The molecule has 1 aromatic heterocycles. The third-order valence-electron chi connectivity index (χ3n) is 4.71. The Labute approximate surface area is 181 Å². The van der Waals surface area contributed by atoms with Crippen LogP contribution in [-0.2, 0) is 14.8 Å². The third kappa shape index (κ3) is 6.12. The monoisotopic (exact) mass is 451 g/mol. The lowest BCUT2D eigenvalue weighted by molar-refractivity contribution is 0.0948. The minimum Gasteiger partial charge on any atom is -0.385 e. The first-order chi connectivity index (χ1) is 14.9. The van der Waals surface area contributed by atoms with E-state index in [2.05, 4.69) is 20.3 Å². The summed E-state index contributed by atoms with van der Waals surface area (Å²) in [6.07, 6.45) is 2.02. The van der Waals surface area contributed by atoms with Gasteiger partial charge in [-0.25, -0.2) is 17.8 Å². The number of nitrogens with zero attached hydrogens (tertiary/aromatic N) is 2. The van der Waals surface area contributed by atoms with E-state index in [1.807, 2.05) is 4.90 Å². The minimum absolute atomic E-state index is 0.0920. The molecule has 1 aliphatic rings. The number of benzene rings is 1. The second-order valence-corrected chi connectivity index (χ2v) is 8.68. The Kier molecular flexibility index (Phi) is 7.77. The average molecular weight is 452 g/mol. The van der Waals surface area contributed by atoms with Gasteiger partial charge in [0, 0.05) is 46.4 Å². The largest absolute Gasteiger partial charge is 0.385 e. The van der Waals surface area contributed by atoms with Crippen LogP contribution in [0.3, 0.4) is 0 Å². The second-order valence-electron chi connectivity index (χ2n) is 6.99. The lowest BCUT2D eigenvalue weighted by atomic mass is 10.2. The van der Waals surface area contributed by atoms with Crippen molar-refractivity contribution in [3.05, 3.63) is 47.9 Å². The van der Waals surface area contributed by atoms with Crippen molar-refractivity contribution in [1.82, 2.24) is 15.6 Å². The van der Waals surface area contributed by atoms with Gasteiger partial charge in [-0.1, -0.05) is 0 Å². The molecule has 0 unspecified atom stereocenters. The van der Waals surface area contributed by atoms with E-state index < -0.39 is 15.8 Å². The van der Waals surface area contributed by atoms with Gasteiger partial charge in [-0.3, -0.25) is 9.52 Å². The number of rotatable bonds is 9. The van der Waals surface area contributed by atoms with Crippen molar-refractivity contribution >= 4 is 27.4 Å². The summed E-state index contributed by atoms with van der Waals surface area (Å²) in [5.41, 5.74) is 0.420. The van der Waals surface area contributed by atoms with E-state index in [1.165, 1.54) is 24.4 Å². The van der Waals surface area contributed by atoms with Crippen LogP contribution in [0.1, 0.15) is 16.8 Å². The van der Waals surface area contributed by atoms with Crippen molar-refractivity contribution in [1.29, 1.82) is 0 Å². The molecule has 31 heavy (non-hydrogen) atoms. The number of halogens is 1. The van der Waals surface area contributed by atoms with Crippen LogP contribution in [0.4, 0.5) is 15.9 Å². The molecule has 0 atom stereocenters. The first kappa shape index (κ1) is 22.9. The number of hydrogen-bond donors (Lipinski definition) is 3. The van der Waals surface area contributed by atoms with E-state index in [0.29, 0.717) is 38.5 Å². The Balaban J connectivity index is 1.85. The molecule has 0 bridgehead atoms. The summed E-state index contributed by atoms with van der Waals surface area (Å²) in [5, 5.41) is 6.06. The zero-order chi connectivity index (χ0) is 22.3. The number of anilines is 2. The summed E-state index contributed by atoms with van der Waals surface area (Å²) >= 11 is 0. The van der Waals surface area contributed by atoms with E-state index in [9.17, 15) is 17.6 Å². The molecule has 1 fully saturated rings. The molecule has 1 amide bonds. The zero-order valence-electron chi connectivity index (χ0n) is 17.2. The fourth-order valence-corrected chi connectivity index (χ4v) is 4.18. The Morgan fingerprint density at radius 2 is 1.97 bits per heavy atom. The second kappa shape index (κ2) is 10.5. The highest BCUT2D eigenvalue weighted by molar-refractivity contribution is 7.92. The van der Waals surface area contributed by atoms with Crippen molar-refractivity contribution in [2.24, 2.45) is 0 Å². The molecule has 11 heteroatoms. The predicted octanol–water partition coefficient (Wildman–Crippen LogP) is 1.20. The number of nitrogens with one attached hydrogen (secondary N) is 3. The maximum Gasteiger partial charge on any atom is 0.261 e. The molecule has 1 aromatic carbocycles. The lowest BCUT2D eigenvalue weighted by Crippen LogP contribution is -2.44. The Bertz CT molecular complexity index is 995. The molecule has 2 heterocycles. The van der Waals surface area contributed by atoms with Crippen LogP contribution < -0.4 is 20.3 Å². The van der Waals surface area contributed by atoms with Crippen LogP contribution >= 0.6 is 0 Å². The van der Waals surface area contributed by atoms with E-state index in [1.54, 1.807) is 7.11 Å². The Morgan fingerprint density at radius 1 is 1.26 bits per heavy atom. The number of ether oxygens (including phenoxy) is 1. The van der Waals surface area contributed by atoms with Gasteiger partial charge in [-0.05, 0) is 36.8 Å². The van der Waals surface area contributed by atoms with Crippen molar-refractivity contribution in [3.8, 4) is 0 Å². The molecule has 1 aliphatic heterocycles. The summed E-state index contributed by atoms with van der Waals surface area (Å²) in [6.45, 7) is 3.81. The molecule has 2 aromatic rings. The van der Waals surface area contributed by atoms with Gasteiger partial charge in [0.05, 0.1) is 22.3 Å². The molecule has 9 nitrogen and oxygen atoms in total. The minimum atomic E-state index is -3.96. The van der Waals surface area contributed by atoms with Gasteiger partial charge >= 0.3 is 0 Å². The molecule has 0 spiro atoms. The van der Waals surface area contributed by atoms with E-state index >= 15 is 0 Å². The maximum absolute atomic E-state index is 13.1. The normalized spacial score (nSPS) is 14.3. The van der Waals surface area contributed by atoms with Crippen LogP contribution in [0.2, 0.25) is 0 Å². The number of piperazine rings is 1. The summed E-state index contributed by atoms with van der Waals surface area (Å²) in [4.78, 5) is 19.1. The van der Waals surface area contributed by atoms with Gasteiger partial charge in [0.25, 0.3) is 15.9 Å². The number of amides is 1. The van der Waals surface area contributed by atoms with Crippen molar-refractivity contribution in [2.45, 2.75) is 11.3 Å². The summed E-state index contributed by atoms with van der Waals surface area (Å²) in [6, 6.07) is 5.95. The topological polar surface area (TPSA) is 113 Å². The number of carbonyl (C=O) groups excluding carboxylic acids is 1. The quantitative estimate of drug-likeness (QED) is 0.491. The average Bonchev–Trinajstić information content (AvgIpc) is 2.77. The van der Waals surface area contributed by atoms with E-state index in [4.69, 9.17) is 4.74 Å². The fraction of sp³-hybridized carbons (Fsp3) is 0.400. The first-order valence-corrected chi connectivity index (χ1v) is 11.4. The van der Waals surface area contributed by atoms with Crippen molar-refractivity contribution in [2.75, 3.05) is 56.1 Å². The Morgan fingerprint density at radius 3 is 2.65 bits per heavy atom. The molecule has 168 valence electrons. The molecule has 0 saturated carbocycles. The fourth-order valence-electron chi connectivity index (χ4n) is 3.15. The lowest BCUT2D eigenvalue weighted by Gasteiger charge is -2.30. The number of methoxy groups -OCH3 is 1. The van der Waals surface area contributed by atoms with E-state index in [-0.39, 0.29) is 22.1 Å². The van der Waals surface area contributed by atoms with Crippen molar-refractivity contribution in [3.63, 3.8) is 0 Å². The van der Waals surface area contributed by atoms with Gasteiger partial charge in [0.2, 0.25) is 0 Å². The maximum atomic E-state index is 13.1. The van der Waals surface area contributed by atoms with Gasteiger partial charge in [-0.2, -0.15) is 0 Å². The van der Waals surface area contributed by atoms with Gasteiger partial charge in [0.15, 0.2) is 0 Å². The molecule has 3 rings (SSSR count). The number of aromatic nitrogens is 1. The number of carbonyl (C=O) groups is 1. The molecule has 1 saturated heterocycles. The highest BCUT2D eigenvalue weighted by Crippen LogP contribution is 2.24. The SMILES string of the molecule is COCCCNC(=O)c1cc(NS(=O)(=O)c2ccc(F)cc2)cnc1N1CCNCC1. The van der Waals surface area contributed by atoms with Gasteiger partial charge in [-0.15, -0.1) is 0 Å². The van der Waals surface area contributed by atoms with Crippen LogP contribution in [-0.4, -0.2) is 65.7 Å². The summed E-state index contributed by atoms with van der Waals surface area (Å²) < 4.78 is 45.8. The zero-order valence-corrected chi connectivity index (χ0v) is 18.0. The van der Waals surface area contributed by atoms with Crippen LogP contribution in [0.15, 0.2) is 41.4 Å². The van der Waals surface area contributed by atoms with Crippen molar-refractivity contribution < 1.29 is 22.3 Å². The molecule has 3 N–H and O–H groups in total. The highest BCUT2D eigenvalue weighted by atomic mass is 32.2. The number of hydrogen-bond acceptors (Lipinski definition) is 7.